The Bertz CT molecular complexity index is 1270. The maximum absolute atomic E-state index is 11.9. The molecule has 1 N–H and O–H groups in total. The minimum atomic E-state index is -3.00. The van der Waals surface area contributed by atoms with Crippen LogP contribution in [0.5, 0.6) is 0 Å². The Labute approximate surface area is 172 Å². The lowest BCUT2D eigenvalue weighted by atomic mass is 10.1. The first-order valence-electron chi connectivity index (χ1n) is 9.32. The molecule has 4 heterocycles. The summed E-state index contributed by atoms with van der Waals surface area (Å²) < 4.78 is 23.9. The number of benzene rings is 1. The predicted octanol–water partition coefficient (Wildman–Crippen LogP) is 4.02. The summed E-state index contributed by atoms with van der Waals surface area (Å²) in [6, 6.07) is 15.6. The Kier molecular flexibility index (Phi) is 4.52. The molecule has 1 unspecified atom stereocenters. The highest BCUT2D eigenvalue weighted by Crippen LogP contribution is 2.38. The van der Waals surface area contributed by atoms with Gasteiger partial charge in [-0.3, -0.25) is 4.98 Å². The second-order valence-electron chi connectivity index (χ2n) is 7.05. The summed E-state index contributed by atoms with van der Waals surface area (Å²) in [6.45, 7) is 0. The summed E-state index contributed by atoms with van der Waals surface area (Å²) in [7, 11) is -3.00. The van der Waals surface area contributed by atoms with Gasteiger partial charge in [0.15, 0.2) is 15.7 Å². The van der Waals surface area contributed by atoms with Crippen molar-refractivity contribution in [3.8, 4) is 22.6 Å². The van der Waals surface area contributed by atoms with E-state index in [-0.39, 0.29) is 17.5 Å². The van der Waals surface area contributed by atoms with Gasteiger partial charge in [-0.15, -0.1) is 11.3 Å². The highest BCUT2D eigenvalue weighted by molar-refractivity contribution is 7.91. The number of nitrogens with one attached hydrogen (secondary N) is 1. The van der Waals surface area contributed by atoms with E-state index < -0.39 is 9.84 Å². The van der Waals surface area contributed by atoms with Crippen molar-refractivity contribution >= 4 is 37.2 Å². The third-order valence-electron chi connectivity index (χ3n) is 4.99. The molecule has 5 rings (SSSR count). The van der Waals surface area contributed by atoms with Gasteiger partial charge in [0.25, 0.3) is 0 Å². The molecule has 146 valence electrons. The minimum Gasteiger partial charge on any atom is -0.366 e. The van der Waals surface area contributed by atoms with Crippen molar-refractivity contribution in [2.45, 2.75) is 12.5 Å². The van der Waals surface area contributed by atoms with Crippen LogP contribution in [0.25, 0.3) is 32.9 Å². The van der Waals surface area contributed by atoms with Crippen LogP contribution in [0.4, 0.5) is 5.82 Å². The number of anilines is 1. The van der Waals surface area contributed by atoms with Gasteiger partial charge in [0.1, 0.15) is 16.3 Å². The van der Waals surface area contributed by atoms with E-state index >= 15 is 0 Å². The van der Waals surface area contributed by atoms with Crippen molar-refractivity contribution in [3.63, 3.8) is 0 Å². The van der Waals surface area contributed by atoms with E-state index in [1.165, 1.54) is 0 Å². The monoisotopic (exact) mass is 422 g/mol. The third-order valence-corrected chi connectivity index (χ3v) is 7.63. The van der Waals surface area contributed by atoms with Gasteiger partial charge < -0.3 is 5.32 Å². The van der Waals surface area contributed by atoms with Crippen LogP contribution in [0.3, 0.4) is 0 Å². The van der Waals surface area contributed by atoms with Gasteiger partial charge in [-0.05, 0) is 24.1 Å². The van der Waals surface area contributed by atoms with E-state index in [1.54, 1.807) is 17.5 Å². The maximum Gasteiger partial charge on any atom is 0.181 e. The summed E-state index contributed by atoms with van der Waals surface area (Å²) in [5, 5.41) is 6.39. The Morgan fingerprint density at radius 2 is 1.86 bits per heavy atom. The van der Waals surface area contributed by atoms with Crippen molar-refractivity contribution in [2.24, 2.45) is 0 Å². The van der Waals surface area contributed by atoms with Crippen molar-refractivity contribution in [1.82, 2.24) is 15.0 Å². The number of fused-ring (bicyclic) bond motifs is 1. The molecule has 1 atom stereocenters. The summed E-state index contributed by atoms with van der Waals surface area (Å²) >= 11 is 1.55. The van der Waals surface area contributed by atoms with E-state index in [2.05, 4.69) is 27.8 Å². The molecule has 0 radical (unpaired) electrons. The first-order chi connectivity index (χ1) is 14.1. The van der Waals surface area contributed by atoms with Gasteiger partial charge in [-0.2, -0.15) is 0 Å². The fourth-order valence-electron chi connectivity index (χ4n) is 3.59. The Morgan fingerprint density at radius 3 is 2.59 bits per heavy atom. The van der Waals surface area contributed by atoms with Crippen LogP contribution in [-0.4, -0.2) is 40.9 Å². The molecule has 0 spiro atoms. The maximum atomic E-state index is 11.9. The topological polar surface area (TPSA) is 84.8 Å². The standard InChI is InChI=1S/C21H18N4O2S2/c26-29(27)11-9-15(13-29)23-20-18-16(14-6-2-1-3-7-14)12-28-21(18)25-19(24-20)17-8-4-5-10-22-17/h1-8,10,12,15H,9,11,13H2,(H,23,24,25). The average molecular weight is 423 g/mol. The van der Waals surface area contributed by atoms with E-state index in [0.717, 1.165) is 21.3 Å². The molecular formula is C21H18N4O2S2. The molecule has 1 saturated heterocycles. The summed E-state index contributed by atoms with van der Waals surface area (Å²) in [6.07, 6.45) is 2.29. The van der Waals surface area contributed by atoms with Gasteiger partial charge in [0.2, 0.25) is 0 Å². The molecular weight excluding hydrogens is 404 g/mol. The number of pyridine rings is 1. The first kappa shape index (κ1) is 18.2. The van der Waals surface area contributed by atoms with Gasteiger partial charge in [0.05, 0.1) is 16.9 Å². The number of hydrogen-bond acceptors (Lipinski definition) is 7. The Hall–Kier alpha value is -2.84. The lowest BCUT2D eigenvalue weighted by Gasteiger charge is -2.14. The molecule has 0 bridgehead atoms. The van der Waals surface area contributed by atoms with Crippen molar-refractivity contribution in [1.29, 1.82) is 0 Å². The van der Waals surface area contributed by atoms with Gasteiger partial charge in [-0.1, -0.05) is 36.4 Å². The SMILES string of the molecule is O=S1(=O)CCC(Nc2nc(-c3ccccn3)nc3scc(-c4ccccc4)c23)C1. The largest absolute Gasteiger partial charge is 0.366 e. The van der Waals surface area contributed by atoms with Gasteiger partial charge in [-0.25, -0.2) is 18.4 Å². The van der Waals surface area contributed by atoms with Crippen molar-refractivity contribution in [2.75, 3.05) is 16.8 Å². The van der Waals surface area contributed by atoms with E-state index in [1.807, 2.05) is 36.4 Å². The van der Waals surface area contributed by atoms with Crippen LogP contribution in [0.1, 0.15) is 6.42 Å². The lowest BCUT2D eigenvalue weighted by molar-refractivity contribution is 0.602. The van der Waals surface area contributed by atoms with Crippen LogP contribution in [0, 0.1) is 0 Å². The molecule has 6 nitrogen and oxygen atoms in total. The zero-order chi connectivity index (χ0) is 19.8. The fraction of sp³-hybridized carbons (Fsp3) is 0.190. The zero-order valence-electron chi connectivity index (χ0n) is 15.4. The number of thiophene rings is 1. The summed E-state index contributed by atoms with van der Waals surface area (Å²) in [4.78, 5) is 14.7. The molecule has 4 aromatic rings. The molecule has 1 fully saturated rings. The van der Waals surface area contributed by atoms with Crippen LogP contribution in [-0.2, 0) is 9.84 Å². The normalized spacial score (nSPS) is 18.1. The average Bonchev–Trinajstić information content (AvgIpc) is 3.32. The first-order valence-corrected chi connectivity index (χ1v) is 12.0. The predicted molar refractivity (Wildman–Crippen MR) is 117 cm³/mol. The number of aromatic nitrogens is 3. The van der Waals surface area contributed by atoms with Crippen molar-refractivity contribution < 1.29 is 8.42 Å². The number of nitrogens with zero attached hydrogens (tertiary/aromatic N) is 3. The minimum absolute atomic E-state index is 0.127. The molecule has 3 aromatic heterocycles. The molecule has 1 aliphatic rings. The van der Waals surface area contributed by atoms with Gasteiger partial charge >= 0.3 is 0 Å². The van der Waals surface area contributed by atoms with Crippen molar-refractivity contribution in [3.05, 3.63) is 60.1 Å². The summed E-state index contributed by atoms with van der Waals surface area (Å²) in [5.74, 6) is 1.53. The van der Waals surface area contributed by atoms with Crippen LogP contribution < -0.4 is 5.32 Å². The fourth-order valence-corrected chi connectivity index (χ4v) is 6.21. The zero-order valence-corrected chi connectivity index (χ0v) is 17.1. The molecule has 0 saturated carbocycles. The quantitative estimate of drug-likeness (QED) is 0.535. The van der Waals surface area contributed by atoms with E-state index in [0.29, 0.717) is 23.8 Å². The highest BCUT2D eigenvalue weighted by Gasteiger charge is 2.29. The Morgan fingerprint density at radius 1 is 1.03 bits per heavy atom. The highest BCUT2D eigenvalue weighted by atomic mass is 32.2. The molecule has 1 aromatic carbocycles. The lowest BCUT2D eigenvalue weighted by Crippen LogP contribution is -2.21. The molecule has 0 aliphatic carbocycles. The Balaban J connectivity index is 1.66. The van der Waals surface area contributed by atoms with E-state index in [9.17, 15) is 8.42 Å². The number of rotatable bonds is 4. The molecule has 29 heavy (non-hydrogen) atoms. The third kappa shape index (κ3) is 3.61. The smallest absolute Gasteiger partial charge is 0.181 e. The van der Waals surface area contributed by atoms with Crippen LogP contribution in [0.2, 0.25) is 0 Å². The molecule has 0 amide bonds. The van der Waals surface area contributed by atoms with Crippen LogP contribution in [0.15, 0.2) is 60.1 Å². The molecule has 8 heteroatoms. The summed E-state index contributed by atoms with van der Waals surface area (Å²) in [5.41, 5.74) is 2.81. The second-order valence-corrected chi connectivity index (χ2v) is 10.1. The number of sulfone groups is 1. The van der Waals surface area contributed by atoms with Gasteiger partial charge in [0, 0.05) is 23.2 Å². The van der Waals surface area contributed by atoms with E-state index in [4.69, 9.17) is 9.97 Å². The number of hydrogen-bond donors (Lipinski definition) is 1. The van der Waals surface area contributed by atoms with Crippen LogP contribution >= 0.6 is 11.3 Å². The second kappa shape index (κ2) is 7.20. The molecule has 1 aliphatic heterocycles.